The molecule has 0 aliphatic rings. The first-order valence-electron chi connectivity index (χ1n) is 5.51. The fourth-order valence-corrected chi connectivity index (χ4v) is 1.37. The molecule has 0 amide bonds. The molecule has 0 saturated heterocycles. The minimum atomic E-state index is -4.70. The third-order valence-electron chi connectivity index (χ3n) is 2.34. The molecule has 0 fully saturated rings. The number of nitrogens with zero attached hydrogens (tertiary/aromatic N) is 1. The van der Waals surface area contributed by atoms with E-state index in [0.717, 1.165) is 6.07 Å². The van der Waals surface area contributed by atoms with Crippen molar-refractivity contribution in [1.29, 1.82) is 0 Å². The van der Waals surface area contributed by atoms with Crippen molar-refractivity contribution in [1.82, 2.24) is 4.98 Å². The Morgan fingerprint density at radius 3 is 2.50 bits per heavy atom. The van der Waals surface area contributed by atoms with Gasteiger partial charge in [0.1, 0.15) is 17.2 Å². The zero-order valence-corrected chi connectivity index (χ0v) is 10.4. The minimum absolute atomic E-state index is 0.0746. The summed E-state index contributed by atoms with van der Waals surface area (Å²) in [4.78, 5) is 3.76. The molecule has 20 heavy (non-hydrogen) atoms. The van der Waals surface area contributed by atoms with Gasteiger partial charge >= 0.3 is 6.18 Å². The Morgan fingerprint density at radius 2 is 2.05 bits per heavy atom. The van der Waals surface area contributed by atoms with E-state index in [1.54, 1.807) is 0 Å². The van der Waals surface area contributed by atoms with Crippen LogP contribution in [-0.4, -0.2) is 11.2 Å². The van der Waals surface area contributed by atoms with Crippen molar-refractivity contribution in [2.45, 2.75) is 12.7 Å². The SMILES string of the molecule is C=C/C=C(\C=C(/N)C(F)(F)F)c1ncc(CN)cc1F. The second kappa shape index (κ2) is 6.33. The lowest BCUT2D eigenvalue weighted by Gasteiger charge is -2.09. The van der Waals surface area contributed by atoms with Crippen LogP contribution in [0.5, 0.6) is 0 Å². The molecular weight excluding hydrogens is 274 g/mol. The molecule has 3 nitrogen and oxygen atoms in total. The molecule has 0 bridgehead atoms. The molecule has 7 heteroatoms. The van der Waals surface area contributed by atoms with Gasteiger partial charge in [0, 0.05) is 18.3 Å². The van der Waals surface area contributed by atoms with Gasteiger partial charge in [0.05, 0.1) is 0 Å². The Bertz CT molecular complexity index is 559. The minimum Gasteiger partial charge on any atom is -0.395 e. The van der Waals surface area contributed by atoms with E-state index in [1.807, 2.05) is 0 Å². The van der Waals surface area contributed by atoms with Gasteiger partial charge in [0.15, 0.2) is 0 Å². The molecule has 1 rings (SSSR count). The fraction of sp³-hybridized carbons (Fsp3) is 0.154. The molecule has 0 radical (unpaired) electrons. The molecule has 4 N–H and O–H groups in total. The van der Waals surface area contributed by atoms with Gasteiger partial charge in [-0.3, -0.25) is 4.98 Å². The van der Waals surface area contributed by atoms with E-state index in [-0.39, 0.29) is 17.8 Å². The summed E-state index contributed by atoms with van der Waals surface area (Å²) in [5, 5.41) is 0. The lowest BCUT2D eigenvalue weighted by molar-refractivity contribution is -0.0925. The lowest BCUT2D eigenvalue weighted by Crippen LogP contribution is -2.19. The van der Waals surface area contributed by atoms with Crippen LogP contribution in [0.15, 0.2) is 42.8 Å². The second-order valence-corrected chi connectivity index (χ2v) is 3.83. The summed E-state index contributed by atoms with van der Waals surface area (Å²) in [6, 6.07) is 1.11. The summed E-state index contributed by atoms with van der Waals surface area (Å²) >= 11 is 0. The van der Waals surface area contributed by atoms with E-state index in [2.05, 4.69) is 11.6 Å². The molecular formula is C13H13F4N3. The number of halogens is 4. The zero-order chi connectivity index (χ0) is 15.3. The van der Waals surface area contributed by atoms with Crippen LogP contribution in [0.2, 0.25) is 0 Å². The summed E-state index contributed by atoms with van der Waals surface area (Å²) < 4.78 is 51.0. The monoisotopic (exact) mass is 287 g/mol. The molecule has 0 aliphatic heterocycles. The summed E-state index contributed by atoms with van der Waals surface area (Å²) in [6.45, 7) is 3.44. The highest BCUT2D eigenvalue weighted by molar-refractivity contribution is 5.74. The predicted molar refractivity (Wildman–Crippen MR) is 68.6 cm³/mol. The van der Waals surface area contributed by atoms with Crippen molar-refractivity contribution in [3.63, 3.8) is 0 Å². The molecule has 0 aliphatic carbocycles. The summed E-state index contributed by atoms with van der Waals surface area (Å²) in [6.07, 6.45) is -0.407. The largest absolute Gasteiger partial charge is 0.430 e. The van der Waals surface area contributed by atoms with Gasteiger partial charge in [0.2, 0.25) is 0 Å². The van der Waals surface area contributed by atoms with Crippen molar-refractivity contribution in [2.75, 3.05) is 0 Å². The maximum atomic E-state index is 13.8. The van der Waals surface area contributed by atoms with Gasteiger partial charge in [-0.1, -0.05) is 18.7 Å². The maximum Gasteiger partial charge on any atom is 0.430 e. The molecule has 0 spiro atoms. The first-order chi connectivity index (χ1) is 9.29. The van der Waals surface area contributed by atoms with Crippen molar-refractivity contribution in [2.24, 2.45) is 11.5 Å². The number of nitrogens with two attached hydrogens (primary N) is 2. The van der Waals surface area contributed by atoms with Crippen LogP contribution in [0.3, 0.4) is 0 Å². The summed E-state index contributed by atoms with van der Waals surface area (Å²) in [5.41, 5.74) is 8.93. The van der Waals surface area contributed by atoms with Crippen molar-refractivity contribution < 1.29 is 17.6 Å². The molecule has 0 atom stereocenters. The predicted octanol–water partition coefficient (Wildman–Crippen LogP) is 2.65. The van der Waals surface area contributed by atoms with Crippen molar-refractivity contribution >= 4 is 5.57 Å². The highest BCUT2D eigenvalue weighted by atomic mass is 19.4. The van der Waals surface area contributed by atoms with E-state index >= 15 is 0 Å². The normalized spacial score (nSPS) is 13.4. The Morgan fingerprint density at radius 1 is 1.40 bits per heavy atom. The fourth-order valence-electron chi connectivity index (χ4n) is 1.37. The average molecular weight is 287 g/mol. The molecule has 1 aromatic rings. The Hall–Kier alpha value is -2.15. The van der Waals surface area contributed by atoms with E-state index in [9.17, 15) is 17.6 Å². The zero-order valence-electron chi connectivity index (χ0n) is 10.4. The Balaban J connectivity index is 3.30. The third-order valence-corrected chi connectivity index (χ3v) is 2.34. The number of hydrogen-bond acceptors (Lipinski definition) is 3. The van der Waals surface area contributed by atoms with Gasteiger partial charge in [-0.25, -0.2) is 4.39 Å². The van der Waals surface area contributed by atoms with Crippen LogP contribution >= 0.6 is 0 Å². The molecule has 0 aromatic carbocycles. The topological polar surface area (TPSA) is 64.9 Å². The Kier molecular flexibility index (Phi) is 5.04. The molecule has 0 saturated carbocycles. The first kappa shape index (κ1) is 15.9. The number of alkyl halides is 3. The van der Waals surface area contributed by atoms with Crippen LogP contribution < -0.4 is 11.5 Å². The lowest BCUT2D eigenvalue weighted by atomic mass is 10.1. The summed E-state index contributed by atoms with van der Waals surface area (Å²) in [5.74, 6) is -0.785. The first-order valence-corrected chi connectivity index (χ1v) is 5.51. The second-order valence-electron chi connectivity index (χ2n) is 3.83. The van der Waals surface area contributed by atoms with Crippen LogP contribution in [-0.2, 0) is 6.54 Å². The number of pyridine rings is 1. The number of rotatable bonds is 4. The van der Waals surface area contributed by atoms with Gasteiger partial charge in [-0.2, -0.15) is 13.2 Å². The standard InChI is InChI=1S/C13H13F4N3/c1-2-3-9(5-11(19)13(15,16)17)12-10(14)4-8(6-18)7-20-12/h2-5,7H,1,6,18-19H2/b9-3+,11-5-. The highest BCUT2D eigenvalue weighted by Crippen LogP contribution is 2.26. The van der Waals surface area contributed by atoms with Crippen LogP contribution in [0, 0.1) is 5.82 Å². The number of allylic oxidation sites excluding steroid dienone is 5. The molecule has 1 heterocycles. The van der Waals surface area contributed by atoms with Gasteiger partial charge in [-0.05, 0) is 17.7 Å². The smallest absolute Gasteiger partial charge is 0.395 e. The van der Waals surface area contributed by atoms with Crippen molar-refractivity contribution in [3.8, 4) is 0 Å². The highest BCUT2D eigenvalue weighted by Gasteiger charge is 2.31. The molecule has 108 valence electrons. The molecule has 0 unspecified atom stereocenters. The third kappa shape index (κ3) is 3.92. The van der Waals surface area contributed by atoms with E-state index in [0.29, 0.717) is 11.6 Å². The average Bonchev–Trinajstić information content (AvgIpc) is 2.37. The maximum absolute atomic E-state index is 13.8. The van der Waals surface area contributed by atoms with Gasteiger partial charge in [0.25, 0.3) is 0 Å². The van der Waals surface area contributed by atoms with E-state index in [1.165, 1.54) is 18.3 Å². The van der Waals surface area contributed by atoms with Crippen LogP contribution in [0.4, 0.5) is 17.6 Å². The van der Waals surface area contributed by atoms with E-state index < -0.39 is 17.7 Å². The number of hydrogen-bond donors (Lipinski definition) is 2. The van der Waals surface area contributed by atoms with Gasteiger partial charge < -0.3 is 11.5 Å². The molecule has 1 aromatic heterocycles. The van der Waals surface area contributed by atoms with Crippen LogP contribution in [0.1, 0.15) is 11.3 Å². The van der Waals surface area contributed by atoms with Crippen molar-refractivity contribution in [3.05, 3.63) is 59.8 Å². The summed E-state index contributed by atoms with van der Waals surface area (Å²) in [7, 11) is 0. The van der Waals surface area contributed by atoms with Crippen LogP contribution in [0.25, 0.3) is 5.57 Å². The quantitative estimate of drug-likeness (QED) is 0.661. The van der Waals surface area contributed by atoms with Gasteiger partial charge in [-0.15, -0.1) is 0 Å². The van der Waals surface area contributed by atoms with E-state index in [4.69, 9.17) is 11.5 Å². The number of aromatic nitrogens is 1. The Labute approximate surface area is 113 Å².